The lowest BCUT2D eigenvalue weighted by Crippen LogP contribution is -2.17. The number of sulfone groups is 1. The van der Waals surface area contributed by atoms with E-state index >= 15 is 0 Å². The van der Waals surface area contributed by atoms with Gasteiger partial charge in [0.2, 0.25) is 0 Å². The summed E-state index contributed by atoms with van der Waals surface area (Å²) in [5, 5.41) is 0.570. The third-order valence-electron chi connectivity index (χ3n) is 2.82. The molecule has 2 aromatic rings. The maximum Gasteiger partial charge on any atom is 0.193 e. The van der Waals surface area contributed by atoms with Gasteiger partial charge in [0.05, 0.1) is 11.3 Å². The second-order valence-corrected chi connectivity index (χ2v) is 6.50. The van der Waals surface area contributed by atoms with Crippen molar-refractivity contribution in [3.8, 4) is 0 Å². The van der Waals surface area contributed by atoms with E-state index in [1.165, 1.54) is 0 Å². The van der Waals surface area contributed by atoms with E-state index in [0.717, 1.165) is 11.8 Å². The molecule has 0 unspecified atom stereocenters. The summed E-state index contributed by atoms with van der Waals surface area (Å²) in [7, 11) is -3.21. The third-order valence-corrected chi connectivity index (χ3v) is 3.66. The molecular formula is C13H15NO3S. The van der Waals surface area contributed by atoms with Gasteiger partial charge in [-0.3, -0.25) is 4.79 Å². The van der Waals surface area contributed by atoms with Gasteiger partial charge in [-0.05, 0) is 19.1 Å². The van der Waals surface area contributed by atoms with Crippen molar-refractivity contribution in [1.29, 1.82) is 0 Å². The van der Waals surface area contributed by atoms with Crippen LogP contribution in [0.5, 0.6) is 0 Å². The molecule has 0 saturated carbocycles. The molecule has 0 N–H and O–H groups in total. The molecule has 0 spiro atoms. The van der Waals surface area contributed by atoms with Crippen molar-refractivity contribution in [1.82, 2.24) is 4.57 Å². The number of nitrogens with zero attached hydrogens (tertiary/aromatic N) is 1. The molecule has 0 fully saturated rings. The molecule has 0 aliphatic heterocycles. The van der Waals surface area contributed by atoms with Gasteiger partial charge in [-0.2, -0.15) is 0 Å². The SMILES string of the molecule is CCn1cc(CS(C)(=O)=O)c(=O)c2ccccc21. The largest absolute Gasteiger partial charge is 0.347 e. The first-order chi connectivity index (χ1) is 8.42. The van der Waals surface area contributed by atoms with Crippen LogP contribution in [0.3, 0.4) is 0 Å². The molecule has 96 valence electrons. The first-order valence-electron chi connectivity index (χ1n) is 5.71. The van der Waals surface area contributed by atoms with E-state index in [9.17, 15) is 13.2 Å². The molecule has 0 aliphatic rings. The molecule has 5 heteroatoms. The van der Waals surface area contributed by atoms with Gasteiger partial charge in [0.15, 0.2) is 15.3 Å². The lowest BCUT2D eigenvalue weighted by molar-refractivity contribution is 0.600. The monoisotopic (exact) mass is 265 g/mol. The maximum atomic E-state index is 12.2. The number of fused-ring (bicyclic) bond motifs is 1. The summed E-state index contributed by atoms with van der Waals surface area (Å²) in [6, 6.07) is 7.25. The maximum absolute atomic E-state index is 12.2. The van der Waals surface area contributed by atoms with Crippen LogP contribution in [0.1, 0.15) is 12.5 Å². The Morgan fingerprint density at radius 3 is 2.50 bits per heavy atom. The first-order valence-corrected chi connectivity index (χ1v) is 7.77. The zero-order chi connectivity index (χ0) is 13.3. The number of benzene rings is 1. The van der Waals surface area contributed by atoms with Gasteiger partial charge in [0.25, 0.3) is 0 Å². The molecule has 1 heterocycles. The minimum absolute atomic E-state index is 0.194. The Kier molecular flexibility index (Phi) is 3.26. The number of aromatic nitrogens is 1. The zero-order valence-electron chi connectivity index (χ0n) is 10.4. The highest BCUT2D eigenvalue weighted by Gasteiger charge is 2.12. The Labute approximate surface area is 106 Å². The van der Waals surface area contributed by atoms with Crippen LogP contribution in [0.4, 0.5) is 0 Å². The Bertz CT molecular complexity index is 744. The van der Waals surface area contributed by atoms with Crippen molar-refractivity contribution in [2.24, 2.45) is 0 Å². The Morgan fingerprint density at radius 1 is 1.22 bits per heavy atom. The summed E-state index contributed by atoms with van der Waals surface area (Å²) >= 11 is 0. The van der Waals surface area contributed by atoms with E-state index in [4.69, 9.17) is 0 Å². The van der Waals surface area contributed by atoms with E-state index in [1.54, 1.807) is 18.3 Å². The van der Waals surface area contributed by atoms with Crippen LogP contribution in [0.15, 0.2) is 35.3 Å². The number of para-hydroxylation sites is 1. The molecule has 0 atom stereocenters. The lowest BCUT2D eigenvalue weighted by Gasteiger charge is -2.10. The normalized spacial score (nSPS) is 11.9. The fourth-order valence-corrected chi connectivity index (χ4v) is 2.82. The van der Waals surface area contributed by atoms with Gasteiger partial charge < -0.3 is 4.57 Å². The Morgan fingerprint density at radius 2 is 1.89 bits per heavy atom. The molecule has 0 radical (unpaired) electrons. The van der Waals surface area contributed by atoms with Crippen LogP contribution >= 0.6 is 0 Å². The summed E-state index contributed by atoms with van der Waals surface area (Å²) in [5.74, 6) is -0.212. The number of aryl methyl sites for hydroxylation is 1. The number of rotatable bonds is 3. The highest BCUT2D eigenvalue weighted by Crippen LogP contribution is 2.12. The van der Waals surface area contributed by atoms with E-state index in [-0.39, 0.29) is 11.2 Å². The van der Waals surface area contributed by atoms with Crippen molar-refractivity contribution < 1.29 is 8.42 Å². The van der Waals surface area contributed by atoms with E-state index in [2.05, 4.69) is 0 Å². The van der Waals surface area contributed by atoms with Crippen LogP contribution in [-0.4, -0.2) is 19.2 Å². The average Bonchev–Trinajstić information content (AvgIpc) is 2.31. The molecule has 0 saturated heterocycles. The minimum Gasteiger partial charge on any atom is -0.347 e. The average molecular weight is 265 g/mol. The summed E-state index contributed by atoms with van der Waals surface area (Å²) < 4.78 is 24.6. The number of hydrogen-bond acceptors (Lipinski definition) is 3. The fourth-order valence-electron chi connectivity index (χ4n) is 2.05. The van der Waals surface area contributed by atoms with Crippen LogP contribution < -0.4 is 5.43 Å². The summed E-state index contributed by atoms with van der Waals surface area (Å²) in [6.45, 7) is 2.65. The molecule has 0 bridgehead atoms. The first kappa shape index (κ1) is 12.8. The summed E-state index contributed by atoms with van der Waals surface area (Å²) in [4.78, 5) is 12.2. The molecule has 0 amide bonds. The van der Waals surface area contributed by atoms with Crippen molar-refractivity contribution in [3.63, 3.8) is 0 Å². The van der Waals surface area contributed by atoms with Crippen LogP contribution in [0, 0.1) is 0 Å². The van der Waals surface area contributed by atoms with E-state index in [1.807, 2.05) is 23.6 Å². The predicted molar refractivity (Wildman–Crippen MR) is 72.4 cm³/mol. The lowest BCUT2D eigenvalue weighted by atomic mass is 10.1. The van der Waals surface area contributed by atoms with Crippen molar-refractivity contribution in [3.05, 3.63) is 46.2 Å². The van der Waals surface area contributed by atoms with Crippen molar-refractivity contribution >= 4 is 20.7 Å². The second-order valence-electron chi connectivity index (χ2n) is 4.36. The second kappa shape index (κ2) is 4.57. The van der Waals surface area contributed by atoms with E-state index in [0.29, 0.717) is 17.5 Å². The van der Waals surface area contributed by atoms with Gasteiger partial charge in [-0.15, -0.1) is 0 Å². The van der Waals surface area contributed by atoms with E-state index < -0.39 is 9.84 Å². The molecule has 2 rings (SSSR count). The molecule has 1 aromatic heterocycles. The predicted octanol–water partition coefficient (Wildman–Crippen LogP) is 1.57. The third kappa shape index (κ3) is 2.46. The standard InChI is InChI=1S/C13H15NO3S/c1-3-14-8-10(9-18(2,16)17)13(15)11-6-4-5-7-12(11)14/h4-8H,3,9H2,1-2H3. The molecular weight excluding hydrogens is 250 g/mol. The topological polar surface area (TPSA) is 56.1 Å². The van der Waals surface area contributed by atoms with Crippen LogP contribution in [-0.2, 0) is 22.1 Å². The van der Waals surface area contributed by atoms with Gasteiger partial charge in [-0.1, -0.05) is 12.1 Å². The minimum atomic E-state index is -3.21. The van der Waals surface area contributed by atoms with Gasteiger partial charge in [0.1, 0.15) is 0 Å². The zero-order valence-corrected chi connectivity index (χ0v) is 11.2. The Balaban J connectivity index is 2.77. The number of hydrogen-bond donors (Lipinski definition) is 0. The number of pyridine rings is 1. The molecule has 4 nitrogen and oxygen atoms in total. The van der Waals surface area contributed by atoms with Crippen LogP contribution in [0.2, 0.25) is 0 Å². The molecule has 1 aromatic carbocycles. The summed E-state index contributed by atoms with van der Waals surface area (Å²) in [6.07, 6.45) is 2.78. The quantitative estimate of drug-likeness (QED) is 0.846. The summed E-state index contributed by atoms with van der Waals surface area (Å²) in [5.41, 5.74) is 0.973. The highest BCUT2D eigenvalue weighted by atomic mass is 32.2. The van der Waals surface area contributed by atoms with Gasteiger partial charge in [0, 0.05) is 29.9 Å². The van der Waals surface area contributed by atoms with Gasteiger partial charge in [-0.25, -0.2) is 8.42 Å². The fraction of sp³-hybridized carbons (Fsp3) is 0.308. The van der Waals surface area contributed by atoms with Gasteiger partial charge >= 0.3 is 0 Å². The van der Waals surface area contributed by atoms with Crippen molar-refractivity contribution in [2.45, 2.75) is 19.2 Å². The molecule has 0 aliphatic carbocycles. The van der Waals surface area contributed by atoms with Crippen molar-refractivity contribution in [2.75, 3.05) is 6.26 Å². The Hall–Kier alpha value is -1.62. The molecule has 18 heavy (non-hydrogen) atoms. The highest BCUT2D eigenvalue weighted by molar-refractivity contribution is 7.89. The smallest absolute Gasteiger partial charge is 0.193 e. The van der Waals surface area contributed by atoms with Crippen LogP contribution in [0.25, 0.3) is 10.9 Å².